The van der Waals surface area contributed by atoms with Crippen molar-refractivity contribution in [2.75, 3.05) is 0 Å². The van der Waals surface area contributed by atoms with Crippen molar-refractivity contribution in [3.05, 3.63) is 34.3 Å². The molecule has 0 radical (unpaired) electrons. The highest BCUT2D eigenvalue weighted by molar-refractivity contribution is 7.11. The van der Waals surface area contributed by atoms with Crippen molar-refractivity contribution in [2.24, 2.45) is 5.84 Å². The minimum atomic E-state index is 0.0777. The number of imidazole rings is 1. The van der Waals surface area contributed by atoms with Gasteiger partial charge in [0, 0.05) is 36.4 Å². The summed E-state index contributed by atoms with van der Waals surface area (Å²) in [4.78, 5) is 9.76. The molecule has 2 heterocycles. The van der Waals surface area contributed by atoms with Gasteiger partial charge in [0.1, 0.15) is 5.82 Å². The van der Waals surface area contributed by atoms with Crippen LogP contribution in [0, 0.1) is 6.92 Å². The van der Waals surface area contributed by atoms with Gasteiger partial charge in [-0.2, -0.15) is 0 Å². The topological polar surface area (TPSA) is 68.8 Å². The molecule has 0 spiro atoms. The fraction of sp³-hybridized carbons (Fsp3) is 0.455. The molecule has 0 aliphatic carbocycles. The number of thiazole rings is 1. The van der Waals surface area contributed by atoms with Gasteiger partial charge < -0.3 is 4.57 Å². The van der Waals surface area contributed by atoms with Crippen molar-refractivity contribution >= 4 is 11.3 Å². The maximum absolute atomic E-state index is 5.61. The Hall–Kier alpha value is -1.24. The second kappa shape index (κ2) is 5.39. The van der Waals surface area contributed by atoms with Crippen LogP contribution < -0.4 is 11.3 Å². The molecule has 6 heteroatoms. The summed E-state index contributed by atoms with van der Waals surface area (Å²) >= 11 is 1.67. The fourth-order valence-electron chi connectivity index (χ4n) is 1.78. The highest BCUT2D eigenvalue weighted by Gasteiger charge is 2.15. The van der Waals surface area contributed by atoms with E-state index in [1.165, 1.54) is 0 Å². The van der Waals surface area contributed by atoms with Crippen LogP contribution in [-0.2, 0) is 13.0 Å². The lowest BCUT2D eigenvalue weighted by molar-refractivity contribution is 0.529. The molecule has 17 heavy (non-hydrogen) atoms. The van der Waals surface area contributed by atoms with Crippen LogP contribution in [0.4, 0.5) is 0 Å². The third-order valence-electron chi connectivity index (χ3n) is 2.71. The van der Waals surface area contributed by atoms with Gasteiger partial charge in [-0.3, -0.25) is 11.3 Å². The first kappa shape index (κ1) is 12.2. The first-order valence-electron chi connectivity index (χ1n) is 5.63. The van der Waals surface area contributed by atoms with Gasteiger partial charge >= 0.3 is 0 Å². The lowest BCUT2D eigenvalue weighted by Crippen LogP contribution is -2.29. The molecule has 0 aromatic carbocycles. The van der Waals surface area contributed by atoms with E-state index in [0.717, 1.165) is 28.7 Å². The maximum atomic E-state index is 5.61. The zero-order chi connectivity index (χ0) is 12.3. The summed E-state index contributed by atoms with van der Waals surface area (Å²) in [6.07, 6.45) is 6.47. The van der Waals surface area contributed by atoms with E-state index in [4.69, 9.17) is 5.84 Å². The third kappa shape index (κ3) is 2.71. The molecule has 3 N–H and O–H groups in total. The van der Waals surface area contributed by atoms with Crippen LogP contribution in [0.5, 0.6) is 0 Å². The summed E-state index contributed by atoms with van der Waals surface area (Å²) in [6.45, 7) is 5.02. The van der Waals surface area contributed by atoms with Crippen molar-refractivity contribution in [1.82, 2.24) is 20.0 Å². The molecule has 2 aromatic rings. The van der Waals surface area contributed by atoms with E-state index >= 15 is 0 Å². The predicted octanol–water partition coefficient (Wildman–Crippen LogP) is 1.42. The largest absolute Gasteiger partial charge is 0.335 e. The van der Waals surface area contributed by atoms with Crippen LogP contribution in [0.2, 0.25) is 0 Å². The van der Waals surface area contributed by atoms with Gasteiger partial charge in [-0.1, -0.05) is 0 Å². The van der Waals surface area contributed by atoms with E-state index in [0.29, 0.717) is 0 Å². The van der Waals surface area contributed by atoms with Crippen LogP contribution in [-0.4, -0.2) is 14.5 Å². The lowest BCUT2D eigenvalue weighted by atomic mass is 10.2. The standard InChI is InChI=1S/C11H17N5S/c1-3-16-5-4-13-11(16)6-9(15-12)10-7-14-8(2)17-10/h4-5,7,9,15H,3,6,12H2,1-2H3. The molecule has 1 unspecified atom stereocenters. The van der Waals surface area contributed by atoms with Gasteiger partial charge in [0.25, 0.3) is 0 Å². The number of nitrogens with zero attached hydrogens (tertiary/aromatic N) is 3. The molecule has 0 aliphatic heterocycles. The zero-order valence-electron chi connectivity index (χ0n) is 10.1. The first-order valence-corrected chi connectivity index (χ1v) is 6.44. The number of rotatable bonds is 5. The molecule has 0 aliphatic rings. The number of nitrogens with one attached hydrogen (secondary N) is 1. The Kier molecular flexibility index (Phi) is 3.88. The lowest BCUT2D eigenvalue weighted by Gasteiger charge is -2.14. The van der Waals surface area contributed by atoms with Crippen molar-refractivity contribution in [3.8, 4) is 0 Å². The van der Waals surface area contributed by atoms with Crippen LogP contribution >= 0.6 is 11.3 Å². The van der Waals surface area contributed by atoms with E-state index < -0.39 is 0 Å². The molecule has 0 saturated carbocycles. The summed E-state index contributed by atoms with van der Waals surface area (Å²) in [5.41, 5.74) is 2.84. The van der Waals surface area contributed by atoms with Crippen LogP contribution in [0.3, 0.4) is 0 Å². The quantitative estimate of drug-likeness (QED) is 0.623. The SMILES string of the molecule is CCn1ccnc1CC(NN)c1cnc(C)s1. The van der Waals surface area contributed by atoms with Gasteiger partial charge in [0.15, 0.2) is 0 Å². The molecular weight excluding hydrogens is 234 g/mol. The van der Waals surface area contributed by atoms with E-state index in [9.17, 15) is 0 Å². The molecule has 2 rings (SSSR count). The highest BCUT2D eigenvalue weighted by Crippen LogP contribution is 2.22. The minimum absolute atomic E-state index is 0.0777. The van der Waals surface area contributed by atoms with Crippen LogP contribution in [0.15, 0.2) is 18.6 Å². The molecule has 2 aromatic heterocycles. The second-order valence-corrected chi connectivity index (χ2v) is 5.10. The Bertz CT molecular complexity index is 476. The van der Waals surface area contributed by atoms with Crippen molar-refractivity contribution in [1.29, 1.82) is 0 Å². The summed E-state index contributed by atoms with van der Waals surface area (Å²) in [7, 11) is 0. The van der Waals surface area contributed by atoms with Crippen LogP contribution in [0.25, 0.3) is 0 Å². The number of aryl methyl sites for hydroxylation is 2. The van der Waals surface area contributed by atoms with Crippen molar-refractivity contribution in [3.63, 3.8) is 0 Å². The molecule has 0 bridgehead atoms. The number of hydrogen-bond acceptors (Lipinski definition) is 5. The van der Waals surface area contributed by atoms with E-state index in [2.05, 4.69) is 26.9 Å². The van der Waals surface area contributed by atoms with E-state index in [-0.39, 0.29) is 6.04 Å². The molecule has 0 amide bonds. The number of aromatic nitrogens is 3. The first-order chi connectivity index (χ1) is 8.24. The van der Waals surface area contributed by atoms with Crippen molar-refractivity contribution < 1.29 is 0 Å². The van der Waals surface area contributed by atoms with E-state index in [1.807, 2.05) is 25.5 Å². The van der Waals surface area contributed by atoms with Crippen molar-refractivity contribution in [2.45, 2.75) is 32.9 Å². The van der Waals surface area contributed by atoms with Gasteiger partial charge in [0.05, 0.1) is 11.0 Å². The summed E-state index contributed by atoms with van der Waals surface area (Å²) < 4.78 is 2.12. The second-order valence-electron chi connectivity index (χ2n) is 3.83. The summed E-state index contributed by atoms with van der Waals surface area (Å²) in [5, 5.41) is 1.05. The predicted molar refractivity (Wildman–Crippen MR) is 68.5 cm³/mol. The minimum Gasteiger partial charge on any atom is -0.335 e. The highest BCUT2D eigenvalue weighted by atomic mass is 32.1. The normalized spacial score (nSPS) is 12.9. The zero-order valence-corrected chi connectivity index (χ0v) is 10.9. The molecule has 1 atom stereocenters. The Morgan fingerprint density at radius 3 is 2.94 bits per heavy atom. The average molecular weight is 251 g/mol. The smallest absolute Gasteiger partial charge is 0.110 e. The molecule has 5 nitrogen and oxygen atoms in total. The maximum Gasteiger partial charge on any atom is 0.110 e. The van der Waals surface area contributed by atoms with Gasteiger partial charge in [-0.05, 0) is 13.8 Å². The summed E-state index contributed by atoms with van der Waals surface area (Å²) in [5.74, 6) is 6.66. The van der Waals surface area contributed by atoms with Gasteiger partial charge in [-0.15, -0.1) is 11.3 Å². The van der Waals surface area contributed by atoms with Crippen LogP contribution in [0.1, 0.15) is 28.7 Å². The Labute approximate surface area is 105 Å². The molecule has 0 saturated heterocycles. The third-order valence-corrected chi connectivity index (χ3v) is 3.74. The molecule has 0 fully saturated rings. The van der Waals surface area contributed by atoms with E-state index in [1.54, 1.807) is 11.3 Å². The fourth-order valence-corrected chi connectivity index (χ4v) is 2.63. The Balaban J connectivity index is 2.15. The monoisotopic (exact) mass is 251 g/mol. The Morgan fingerprint density at radius 2 is 2.35 bits per heavy atom. The van der Waals surface area contributed by atoms with Gasteiger partial charge in [0.2, 0.25) is 0 Å². The number of hydrazine groups is 1. The van der Waals surface area contributed by atoms with Gasteiger partial charge in [-0.25, -0.2) is 9.97 Å². The Morgan fingerprint density at radius 1 is 1.53 bits per heavy atom. The molecule has 92 valence electrons. The molecular formula is C11H17N5S. The number of nitrogens with two attached hydrogens (primary N) is 1. The average Bonchev–Trinajstić information content (AvgIpc) is 2.94. The summed E-state index contributed by atoms with van der Waals surface area (Å²) in [6, 6.07) is 0.0777. The number of hydrogen-bond donors (Lipinski definition) is 2.